The first-order valence-electron chi connectivity index (χ1n) is 13.5. The summed E-state index contributed by atoms with van der Waals surface area (Å²) >= 11 is 7.87. The molecule has 4 aromatic carbocycles. The molecule has 9 rings (SSSR count). The van der Waals surface area contributed by atoms with Crippen molar-refractivity contribution in [2.24, 2.45) is 16.9 Å². The molecule has 1 aromatic heterocycles. The number of fused-ring (bicyclic) bond motifs is 1. The number of para-hydroxylation sites is 1. The molecule has 2 amide bonds. The van der Waals surface area contributed by atoms with Crippen LogP contribution in [0, 0.1) is 18.8 Å². The predicted molar refractivity (Wildman–Crippen MR) is 163 cm³/mol. The van der Waals surface area contributed by atoms with Crippen LogP contribution in [0.1, 0.15) is 33.7 Å². The fraction of sp³-hybridized carbons (Fsp3) is 0.152. The molecule has 41 heavy (non-hydrogen) atoms. The van der Waals surface area contributed by atoms with Gasteiger partial charge in [-0.25, -0.2) is 9.88 Å². The first-order valence-corrected chi connectivity index (χ1v) is 14.7. The van der Waals surface area contributed by atoms with E-state index >= 15 is 0 Å². The summed E-state index contributed by atoms with van der Waals surface area (Å²) in [5.74, 6) is -1.90. The van der Waals surface area contributed by atoms with Gasteiger partial charge in [0.05, 0.1) is 33.2 Å². The zero-order chi connectivity index (χ0) is 27.9. The van der Waals surface area contributed by atoms with E-state index < -0.39 is 17.3 Å². The van der Waals surface area contributed by atoms with E-state index in [2.05, 4.69) is 34.7 Å². The van der Waals surface area contributed by atoms with Crippen LogP contribution in [-0.4, -0.2) is 23.0 Å². The summed E-state index contributed by atoms with van der Waals surface area (Å²) in [4.78, 5) is 34.9. The van der Waals surface area contributed by atoms with Crippen LogP contribution in [-0.2, 0) is 15.0 Å². The molecule has 5 aromatic rings. The van der Waals surface area contributed by atoms with Gasteiger partial charge in [-0.3, -0.25) is 15.0 Å². The number of hydrazone groups is 1. The Bertz CT molecular complexity index is 1870. The predicted octanol–water partition coefficient (Wildman–Crippen LogP) is 6.91. The number of thiazole rings is 1. The number of rotatable bonds is 4. The number of carbonyl (C=O) groups is 2. The van der Waals surface area contributed by atoms with Gasteiger partial charge in [-0.2, -0.15) is 5.10 Å². The van der Waals surface area contributed by atoms with Gasteiger partial charge in [-0.15, -0.1) is 0 Å². The van der Waals surface area contributed by atoms with Crippen LogP contribution in [0.15, 0.2) is 96.1 Å². The Labute approximate surface area is 245 Å². The van der Waals surface area contributed by atoms with Gasteiger partial charge in [0, 0.05) is 17.2 Å². The molecule has 3 aliphatic carbocycles. The molecule has 2 atom stereocenters. The maximum absolute atomic E-state index is 14.5. The highest BCUT2D eigenvalue weighted by Crippen LogP contribution is 2.63. The van der Waals surface area contributed by atoms with Gasteiger partial charge in [0.25, 0.3) is 0 Å². The van der Waals surface area contributed by atoms with Crippen molar-refractivity contribution in [3.63, 3.8) is 0 Å². The number of benzene rings is 4. The van der Waals surface area contributed by atoms with Gasteiger partial charge in [0.15, 0.2) is 0 Å². The minimum absolute atomic E-state index is 0.198. The van der Waals surface area contributed by atoms with Crippen LogP contribution < -0.4 is 10.3 Å². The van der Waals surface area contributed by atoms with E-state index in [1.54, 1.807) is 12.1 Å². The van der Waals surface area contributed by atoms with E-state index in [-0.39, 0.29) is 17.7 Å². The second kappa shape index (κ2) is 8.83. The molecule has 1 N–H and O–H groups in total. The molecule has 0 spiro atoms. The summed E-state index contributed by atoms with van der Waals surface area (Å²) in [5, 5.41) is 5.88. The summed E-state index contributed by atoms with van der Waals surface area (Å²) < 4.78 is 1.06. The number of imide groups is 1. The van der Waals surface area contributed by atoms with Crippen molar-refractivity contribution in [1.82, 2.24) is 4.98 Å². The molecule has 2 heterocycles. The van der Waals surface area contributed by atoms with E-state index in [1.165, 1.54) is 16.2 Å². The second-order valence-electron chi connectivity index (χ2n) is 10.8. The standard InChI is InChI=1S/C33H23ClN4O2S/c1-18-14-15-19(34)16-25(18)38-30(39)28-27-20-8-2-4-10-22(20)33(29(28)31(38)40,23-11-5-3-9-21(23)27)17-35-37-32-36-24-12-6-7-13-26(24)41-32/h2-17,27-29H,1H3,(H,36,37)/b35-17+. The van der Waals surface area contributed by atoms with Gasteiger partial charge in [0.1, 0.15) is 0 Å². The van der Waals surface area contributed by atoms with Crippen molar-refractivity contribution >= 4 is 62.0 Å². The van der Waals surface area contributed by atoms with Crippen molar-refractivity contribution in [3.05, 3.63) is 124 Å². The maximum atomic E-state index is 14.5. The zero-order valence-electron chi connectivity index (χ0n) is 21.9. The van der Waals surface area contributed by atoms with E-state index in [9.17, 15) is 9.59 Å². The Morgan fingerprint density at radius 3 is 2.34 bits per heavy atom. The summed E-state index contributed by atoms with van der Waals surface area (Å²) in [5.41, 5.74) is 8.56. The van der Waals surface area contributed by atoms with Crippen molar-refractivity contribution in [1.29, 1.82) is 0 Å². The van der Waals surface area contributed by atoms with Crippen molar-refractivity contribution in [3.8, 4) is 0 Å². The SMILES string of the molecule is Cc1ccc(Cl)cc1N1C(=O)C2C3c4ccccc4C(/C=N/Nc4nc5ccccc5s4)(c4ccccc43)C2C1=O. The average molecular weight is 575 g/mol. The summed E-state index contributed by atoms with van der Waals surface area (Å²) in [6.07, 6.45) is 1.84. The van der Waals surface area contributed by atoms with E-state index in [0.29, 0.717) is 15.8 Å². The highest BCUT2D eigenvalue weighted by atomic mass is 35.5. The fourth-order valence-electron chi connectivity index (χ4n) is 7.22. The maximum Gasteiger partial charge on any atom is 0.239 e. The molecule has 0 radical (unpaired) electrons. The lowest BCUT2D eigenvalue weighted by molar-refractivity contribution is -0.122. The minimum Gasteiger partial charge on any atom is -0.274 e. The number of halogens is 1. The molecule has 200 valence electrons. The number of nitrogens with zero attached hydrogens (tertiary/aromatic N) is 3. The Balaban J connectivity index is 1.33. The molecule has 1 fully saturated rings. The lowest BCUT2D eigenvalue weighted by Crippen LogP contribution is -2.54. The number of aromatic nitrogens is 1. The number of amides is 2. The molecule has 8 heteroatoms. The summed E-state index contributed by atoms with van der Waals surface area (Å²) in [7, 11) is 0. The Morgan fingerprint density at radius 2 is 1.61 bits per heavy atom. The average Bonchev–Trinajstić information content (AvgIpc) is 3.53. The highest BCUT2D eigenvalue weighted by Gasteiger charge is 2.68. The minimum atomic E-state index is -0.954. The van der Waals surface area contributed by atoms with Gasteiger partial charge < -0.3 is 0 Å². The molecule has 2 unspecified atom stereocenters. The van der Waals surface area contributed by atoms with Gasteiger partial charge >= 0.3 is 0 Å². The van der Waals surface area contributed by atoms with Crippen LogP contribution in [0.3, 0.4) is 0 Å². The van der Waals surface area contributed by atoms with E-state index in [1.807, 2.05) is 67.7 Å². The third-order valence-corrected chi connectivity index (χ3v) is 9.99. The lowest BCUT2D eigenvalue weighted by Gasteiger charge is -2.52. The first kappa shape index (κ1) is 24.5. The Morgan fingerprint density at radius 1 is 0.927 bits per heavy atom. The number of hydrogen-bond acceptors (Lipinski definition) is 6. The molecule has 1 saturated heterocycles. The molecule has 1 aliphatic heterocycles. The van der Waals surface area contributed by atoms with Crippen molar-refractivity contribution in [2.45, 2.75) is 18.3 Å². The van der Waals surface area contributed by atoms with Crippen molar-refractivity contribution in [2.75, 3.05) is 10.3 Å². The Hall–Kier alpha value is -4.33. The zero-order valence-corrected chi connectivity index (χ0v) is 23.5. The topological polar surface area (TPSA) is 74.7 Å². The largest absolute Gasteiger partial charge is 0.274 e. The van der Waals surface area contributed by atoms with Gasteiger partial charge in [-0.05, 0) is 59.0 Å². The van der Waals surface area contributed by atoms with Gasteiger partial charge in [0.2, 0.25) is 16.9 Å². The molecule has 4 aliphatic rings. The van der Waals surface area contributed by atoms with Crippen LogP contribution >= 0.6 is 22.9 Å². The highest BCUT2D eigenvalue weighted by molar-refractivity contribution is 7.22. The third-order valence-electron chi connectivity index (χ3n) is 8.82. The van der Waals surface area contributed by atoms with E-state index in [4.69, 9.17) is 16.7 Å². The summed E-state index contributed by atoms with van der Waals surface area (Å²) in [6.45, 7) is 1.89. The Kier molecular flexibility index (Phi) is 5.27. The molecular weight excluding hydrogens is 552 g/mol. The molecule has 0 saturated carbocycles. The normalized spacial score (nSPS) is 24.1. The van der Waals surface area contributed by atoms with Crippen LogP contribution in [0.25, 0.3) is 10.2 Å². The molecular formula is C33H23ClN4O2S. The monoisotopic (exact) mass is 574 g/mol. The van der Waals surface area contributed by atoms with Crippen molar-refractivity contribution < 1.29 is 9.59 Å². The third kappa shape index (κ3) is 3.30. The molecule has 2 bridgehead atoms. The van der Waals surface area contributed by atoms with Crippen LogP contribution in [0.2, 0.25) is 5.02 Å². The fourth-order valence-corrected chi connectivity index (χ4v) is 8.20. The number of nitrogens with one attached hydrogen (secondary N) is 1. The quantitative estimate of drug-likeness (QED) is 0.144. The van der Waals surface area contributed by atoms with Gasteiger partial charge in [-0.1, -0.05) is 89.7 Å². The number of hydrogen-bond donors (Lipinski definition) is 1. The van der Waals surface area contributed by atoms with Crippen LogP contribution in [0.4, 0.5) is 10.8 Å². The number of anilines is 2. The smallest absolute Gasteiger partial charge is 0.239 e. The number of aryl methyl sites for hydroxylation is 1. The lowest BCUT2D eigenvalue weighted by atomic mass is 9.47. The first-order chi connectivity index (χ1) is 20.0. The number of carbonyl (C=O) groups excluding carboxylic acids is 2. The van der Waals surface area contributed by atoms with Crippen LogP contribution in [0.5, 0.6) is 0 Å². The second-order valence-corrected chi connectivity index (χ2v) is 12.3. The van der Waals surface area contributed by atoms with E-state index in [0.717, 1.165) is 38.0 Å². The summed E-state index contributed by atoms with van der Waals surface area (Å²) in [6, 6.07) is 29.6. The molecule has 6 nitrogen and oxygen atoms in total.